The smallest absolute Gasteiger partial charge is 0.311 e. The van der Waals surface area contributed by atoms with E-state index in [2.05, 4.69) is 5.32 Å². The minimum Gasteiger partial charge on any atom is -0.481 e. The summed E-state index contributed by atoms with van der Waals surface area (Å²) in [6, 6.07) is 4.85. The third-order valence-electron chi connectivity index (χ3n) is 3.95. The van der Waals surface area contributed by atoms with Gasteiger partial charge >= 0.3 is 5.97 Å². The summed E-state index contributed by atoms with van der Waals surface area (Å²) >= 11 is 0. The van der Waals surface area contributed by atoms with Crippen molar-refractivity contribution >= 4 is 24.9 Å². The van der Waals surface area contributed by atoms with Gasteiger partial charge in [-0.2, -0.15) is 0 Å². The molecule has 0 aliphatic rings. The summed E-state index contributed by atoms with van der Waals surface area (Å²) in [6.45, 7) is 6.33. The highest BCUT2D eigenvalue weighted by molar-refractivity contribution is 7.58. The van der Waals surface area contributed by atoms with E-state index in [9.17, 15) is 24.2 Å². The summed E-state index contributed by atoms with van der Waals surface area (Å²) < 4.78 is 12.8. The van der Waals surface area contributed by atoms with E-state index in [1.54, 1.807) is 39.0 Å². The summed E-state index contributed by atoms with van der Waals surface area (Å²) in [5.74, 6) is -4.14. The quantitative estimate of drug-likeness (QED) is 0.437. The van der Waals surface area contributed by atoms with Gasteiger partial charge in [0.15, 0.2) is 0 Å². The standard InChI is InChI=1S/C16H25N2O5P/c1-9(2)15(18-11(4)19)24(22,23)8-13(16(20)21)12-6-5-7-14(17)10(12)3/h5-7,9,13,15H,8,17H2,1-4H3,(H,18,19)(H,20,21)(H,22,23). The lowest BCUT2D eigenvalue weighted by Gasteiger charge is -2.29. The van der Waals surface area contributed by atoms with Gasteiger partial charge in [0.25, 0.3) is 0 Å². The molecular formula is C16H25N2O5P. The van der Waals surface area contributed by atoms with Crippen LogP contribution in [0.4, 0.5) is 5.69 Å². The van der Waals surface area contributed by atoms with Gasteiger partial charge in [-0.25, -0.2) is 0 Å². The van der Waals surface area contributed by atoms with Gasteiger partial charge in [-0.05, 0) is 30.0 Å². The van der Waals surface area contributed by atoms with Crippen LogP contribution in [0, 0.1) is 12.8 Å². The molecule has 0 saturated carbocycles. The molecule has 0 aliphatic heterocycles. The molecule has 0 spiro atoms. The van der Waals surface area contributed by atoms with E-state index in [0.29, 0.717) is 16.8 Å². The second-order valence-electron chi connectivity index (χ2n) is 6.28. The van der Waals surface area contributed by atoms with Gasteiger partial charge in [0.1, 0.15) is 5.78 Å². The molecule has 0 radical (unpaired) electrons. The van der Waals surface area contributed by atoms with Crippen molar-refractivity contribution in [2.45, 2.75) is 39.4 Å². The minimum absolute atomic E-state index is 0.318. The van der Waals surface area contributed by atoms with Crippen molar-refractivity contribution in [3.8, 4) is 0 Å². The van der Waals surface area contributed by atoms with Crippen LogP contribution in [0.2, 0.25) is 0 Å². The number of rotatable bonds is 7. The number of nitrogens with one attached hydrogen (secondary N) is 1. The summed E-state index contributed by atoms with van der Waals surface area (Å²) in [6.07, 6.45) is -0.476. The topological polar surface area (TPSA) is 130 Å². The first kappa shape index (κ1) is 20.2. The summed E-state index contributed by atoms with van der Waals surface area (Å²) in [4.78, 5) is 33.5. The van der Waals surface area contributed by atoms with Crippen LogP contribution >= 0.6 is 7.37 Å². The molecule has 7 nitrogen and oxygen atoms in total. The third kappa shape index (κ3) is 4.82. The molecule has 5 N–H and O–H groups in total. The first-order valence-electron chi connectivity index (χ1n) is 7.63. The van der Waals surface area contributed by atoms with Gasteiger partial charge in [-0.1, -0.05) is 26.0 Å². The van der Waals surface area contributed by atoms with Crippen LogP contribution in [0.15, 0.2) is 18.2 Å². The lowest BCUT2D eigenvalue weighted by atomic mass is 9.95. The number of hydrogen-bond acceptors (Lipinski definition) is 4. The summed E-state index contributed by atoms with van der Waals surface area (Å²) in [5.41, 5.74) is 7.22. The zero-order valence-electron chi connectivity index (χ0n) is 14.3. The minimum atomic E-state index is -3.98. The molecular weight excluding hydrogens is 331 g/mol. The Bertz CT molecular complexity index is 674. The molecule has 0 bridgehead atoms. The summed E-state index contributed by atoms with van der Waals surface area (Å²) in [5, 5.41) is 12.0. The Hall–Kier alpha value is -1.85. The van der Waals surface area contributed by atoms with Crippen LogP contribution in [0.3, 0.4) is 0 Å². The van der Waals surface area contributed by atoms with Crippen molar-refractivity contribution in [3.63, 3.8) is 0 Å². The molecule has 1 aromatic rings. The number of carboxylic acid groups (broad SMARTS) is 1. The highest BCUT2D eigenvalue weighted by Crippen LogP contribution is 2.51. The Kier molecular flexibility index (Phi) is 6.58. The predicted molar refractivity (Wildman–Crippen MR) is 93.1 cm³/mol. The fourth-order valence-corrected chi connectivity index (χ4v) is 5.09. The Morgan fingerprint density at radius 2 is 1.92 bits per heavy atom. The predicted octanol–water partition coefficient (Wildman–Crippen LogP) is 2.13. The van der Waals surface area contributed by atoms with Crippen molar-refractivity contribution in [2.75, 3.05) is 11.9 Å². The molecule has 1 aromatic carbocycles. The van der Waals surface area contributed by atoms with Crippen molar-refractivity contribution in [3.05, 3.63) is 29.3 Å². The maximum absolute atomic E-state index is 12.8. The number of amides is 1. The molecule has 0 saturated heterocycles. The Balaban J connectivity index is 3.23. The molecule has 8 heteroatoms. The zero-order chi connectivity index (χ0) is 18.7. The molecule has 0 aliphatic carbocycles. The Morgan fingerprint density at radius 1 is 1.33 bits per heavy atom. The highest BCUT2D eigenvalue weighted by Gasteiger charge is 2.39. The van der Waals surface area contributed by atoms with E-state index in [1.165, 1.54) is 6.92 Å². The van der Waals surface area contributed by atoms with Crippen molar-refractivity contribution < 1.29 is 24.2 Å². The number of aliphatic carboxylic acids is 1. The molecule has 0 fully saturated rings. The van der Waals surface area contributed by atoms with E-state index >= 15 is 0 Å². The van der Waals surface area contributed by atoms with Crippen LogP contribution in [0.5, 0.6) is 0 Å². The fourth-order valence-electron chi connectivity index (χ4n) is 2.68. The maximum Gasteiger partial charge on any atom is 0.311 e. The van der Waals surface area contributed by atoms with E-state index < -0.39 is 37.1 Å². The first-order chi connectivity index (χ1) is 11.0. The number of anilines is 1. The van der Waals surface area contributed by atoms with Gasteiger partial charge in [0, 0.05) is 18.8 Å². The molecule has 3 atom stereocenters. The van der Waals surface area contributed by atoms with Crippen LogP contribution in [0.25, 0.3) is 0 Å². The second-order valence-corrected chi connectivity index (χ2v) is 8.71. The number of nitrogens with two attached hydrogens (primary N) is 1. The molecule has 3 unspecified atom stereocenters. The normalized spacial score (nSPS) is 16.2. The van der Waals surface area contributed by atoms with E-state index in [1.807, 2.05) is 0 Å². The molecule has 1 rings (SSSR count). The zero-order valence-corrected chi connectivity index (χ0v) is 15.2. The number of carboxylic acids is 1. The van der Waals surface area contributed by atoms with Gasteiger partial charge < -0.3 is 21.1 Å². The van der Waals surface area contributed by atoms with Gasteiger partial charge in [0.05, 0.1) is 5.92 Å². The van der Waals surface area contributed by atoms with Crippen molar-refractivity contribution in [1.82, 2.24) is 5.32 Å². The number of benzene rings is 1. The van der Waals surface area contributed by atoms with Crippen LogP contribution < -0.4 is 11.1 Å². The Morgan fingerprint density at radius 3 is 2.38 bits per heavy atom. The SMILES string of the molecule is CC(=O)NC(C(C)C)P(=O)(O)CC(C(=O)O)c1cccc(N)c1C. The van der Waals surface area contributed by atoms with Gasteiger partial charge in [0.2, 0.25) is 13.3 Å². The van der Waals surface area contributed by atoms with Gasteiger partial charge in [-0.15, -0.1) is 0 Å². The lowest BCUT2D eigenvalue weighted by Crippen LogP contribution is -2.38. The van der Waals surface area contributed by atoms with E-state index in [-0.39, 0.29) is 5.92 Å². The van der Waals surface area contributed by atoms with Crippen molar-refractivity contribution in [2.24, 2.45) is 5.92 Å². The van der Waals surface area contributed by atoms with Crippen LogP contribution in [-0.4, -0.2) is 33.8 Å². The molecule has 24 heavy (non-hydrogen) atoms. The van der Waals surface area contributed by atoms with E-state index in [4.69, 9.17) is 5.73 Å². The number of nitrogen functional groups attached to an aromatic ring is 1. The summed E-state index contributed by atoms with van der Waals surface area (Å²) in [7, 11) is -3.98. The maximum atomic E-state index is 12.8. The van der Waals surface area contributed by atoms with Crippen LogP contribution in [-0.2, 0) is 14.2 Å². The average Bonchev–Trinajstić information content (AvgIpc) is 2.44. The monoisotopic (exact) mass is 356 g/mol. The van der Waals surface area contributed by atoms with E-state index in [0.717, 1.165) is 0 Å². The first-order valence-corrected chi connectivity index (χ1v) is 9.55. The Labute approximate surface area is 141 Å². The van der Waals surface area contributed by atoms with Crippen LogP contribution in [0.1, 0.15) is 37.8 Å². The number of carbonyl (C=O) groups excluding carboxylic acids is 1. The number of carbonyl (C=O) groups is 2. The fraction of sp³-hybridized carbons (Fsp3) is 0.500. The third-order valence-corrected chi connectivity index (χ3v) is 6.44. The average molecular weight is 356 g/mol. The highest BCUT2D eigenvalue weighted by atomic mass is 31.2. The molecule has 0 heterocycles. The number of hydrogen-bond donors (Lipinski definition) is 4. The van der Waals surface area contributed by atoms with Gasteiger partial charge in [-0.3, -0.25) is 14.2 Å². The molecule has 0 aromatic heterocycles. The molecule has 134 valence electrons. The lowest BCUT2D eigenvalue weighted by molar-refractivity contribution is -0.138. The second kappa shape index (κ2) is 7.81. The molecule has 1 amide bonds. The largest absolute Gasteiger partial charge is 0.481 e. The van der Waals surface area contributed by atoms with Crippen molar-refractivity contribution in [1.29, 1.82) is 0 Å².